The molecule has 2 atom stereocenters. The van der Waals surface area contributed by atoms with E-state index >= 15 is 0 Å². The van der Waals surface area contributed by atoms with Crippen molar-refractivity contribution in [2.24, 2.45) is 5.92 Å². The molecule has 3 aromatic rings. The lowest BCUT2D eigenvalue weighted by Crippen LogP contribution is -2.54. The van der Waals surface area contributed by atoms with E-state index in [1.165, 1.54) is 18.4 Å². The summed E-state index contributed by atoms with van der Waals surface area (Å²) in [4.78, 5) is 39.6. The summed E-state index contributed by atoms with van der Waals surface area (Å²) >= 11 is 1.38. The topological polar surface area (TPSA) is 137 Å². The number of piperazine rings is 1. The number of aryl methyl sites for hydroxylation is 1. The molecule has 1 saturated carbocycles. The van der Waals surface area contributed by atoms with Gasteiger partial charge < -0.3 is 15.5 Å². The van der Waals surface area contributed by atoms with Crippen LogP contribution in [0.15, 0.2) is 35.2 Å². The molecule has 216 valence electrons. The third-order valence-corrected chi connectivity index (χ3v) is 10.6. The van der Waals surface area contributed by atoms with Crippen LogP contribution in [0.3, 0.4) is 0 Å². The van der Waals surface area contributed by atoms with Gasteiger partial charge in [-0.25, -0.2) is 23.1 Å². The number of amides is 2. The first-order valence-corrected chi connectivity index (χ1v) is 16.0. The number of pyridine rings is 1. The van der Waals surface area contributed by atoms with Crippen LogP contribution in [-0.2, 0) is 21.4 Å². The van der Waals surface area contributed by atoms with Gasteiger partial charge in [0.05, 0.1) is 27.6 Å². The van der Waals surface area contributed by atoms with Crippen LogP contribution in [0.25, 0.3) is 10.4 Å². The number of rotatable bonds is 8. The van der Waals surface area contributed by atoms with E-state index < -0.39 is 10.0 Å². The summed E-state index contributed by atoms with van der Waals surface area (Å²) in [6.07, 6.45) is 2.18. The third kappa shape index (κ3) is 5.11. The molecule has 0 unspecified atom stereocenters. The van der Waals surface area contributed by atoms with Gasteiger partial charge in [-0.3, -0.25) is 14.5 Å². The van der Waals surface area contributed by atoms with Crippen LogP contribution in [0.4, 0.5) is 16.8 Å². The van der Waals surface area contributed by atoms with Gasteiger partial charge in [0.2, 0.25) is 15.9 Å². The zero-order chi connectivity index (χ0) is 29.1. The molecule has 13 heteroatoms. The largest absolute Gasteiger partial charge is 0.331 e. The molecule has 3 aliphatic rings. The zero-order valence-corrected chi connectivity index (χ0v) is 25.0. The zero-order valence-electron chi connectivity index (χ0n) is 23.4. The maximum atomic E-state index is 13.4. The molecule has 3 N–H and O–H groups in total. The SMILES string of the molecule is CNS(=O)(=O)c1cc(-c2sc(Nc3cccc(N4C(=O)CNC[C@H]4C)n3)nc2C)cc2c1C(=O)N([C@@H](C)C1CC1)C2. The van der Waals surface area contributed by atoms with Gasteiger partial charge in [-0.15, -0.1) is 0 Å². The highest BCUT2D eigenvalue weighted by atomic mass is 32.2. The second-order valence-electron chi connectivity index (χ2n) is 10.9. The predicted octanol–water partition coefficient (Wildman–Crippen LogP) is 3.24. The lowest BCUT2D eigenvalue weighted by molar-refractivity contribution is -0.119. The molecule has 2 aliphatic heterocycles. The number of carbonyl (C=O) groups excluding carboxylic acids is 2. The third-order valence-electron chi connectivity index (χ3n) is 8.05. The molecule has 0 bridgehead atoms. The first kappa shape index (κ1) is 27.8. The quantitative estimate of drug-likeness (QED) is 0.361. The summed E-state index contributed by atoms with van der Waals surface area (Å²) in [5, 5.41) is 6.94. The van der Waals surface area contributed by atoms with Gasteiger partial charge in [-0.05, 0) is 82.0 Å². The van der Waals surface area contributed by atoms with Crippen molar-refractivity contribution in [2.75, 3.05) is 30.4 Å². The summed E-state index contributed by atoms with van der Waals surface area (Å²) < 4.78 is 28.6. The summed E-state index contributed by atoms with van der Waals surface area (Å²) in [5.74, 6) is 1.32. The van der Waals surface area contributed by atoms with Gasteiger partial charge in [-0.2, -0.15) is 0 Å². The molecular formula is C28H33N7O4S2. The number of hydrogen-bond donors (Lipinski definition) is 3. The minimum atomic E-state index is -3.90. The molecule has 2 amide bonds. The minimum absolute atomic E-state index is 0.00511. The smallest absolute Gasteiger partial charge is 0.256 e. The molecular weight excluding hydrogens is 562 g/mol. The highest BCUT2D eigenvalue weighted by Crippen LogP contribution is 2.42. The summed E-state index contributed by atoms with van der Waals surface area (Å²) in [5.41, 5.74) is 2.38. The van der Waals surface area contributed by atoms with E-state index in [9.17, 15) is 18.0 Å². The van der Waals surface area contributed by atoms with Crippen molar-refractivity contribution in [3.05, 3.63) is 47.2 Å². The van der Waals surface area contributed by atoms with Crippen molar-refractivity contribution in [1.82, 2.24) is 24.9 Å². The number of carbonyl (C=O) groups is 2. The van der Waals surface area contributed by atoms with Crippen molar-refractivity contribution < 1.29 is 18.0 Å². The standard InChI is InChI=1S/C28H33N7O4S2/c1-15-12-30-13-24(36)35(15)23-7-5-6-22(32-23)33-28-31-16(2)26(40-28)19-10-20-14-34(17(3)18-8-9-18)27(37)25(20)21(11-19)41(38,39)29-4/h5-7,10-11,15,17-18,29-30H,8-9,12-14H2,1-4H3,(H,31,32,33)/t15-,17+/m1/s1. The molecule has 0 spiro atoms. The average molecular weight is 596 g/mol. The van der Waals surface area contributed by atoms with Gasteiger partial charge in [0.1, 0.15) is 11.6 Å². The normalized spacial score (nSPS) is 20.0. The summed E-state index contributed by atoms with van der Waals surface area (Å²) in [6, 6.07) is 9.00. The monoisotopic (exact) mass is 595 g/mol. The molecule has 2 fully saturated rings. The Morgan fingerprint density at radius 3 is 2.66 bits per heavy atom. The van der Waals surface area contributed by atoms with Gasteiger partial charge in [-0.1, -0.05) is 17.4 Å². The second kappa shape index (κ2) is 10.5. The number of nitrogens with zero attached hydrogens (tertiary/aromatic N) is 4. The molecule has 0 radical (unpaired) electrons. The molecule has 1 aliphatic carbocycles. The Bertz CT molecular complexity index is 1650. The van der Waals surface area contributed by atoms with Crippen LogP contribution < -0.4 is 20.3 Å². The van der Waals surface area contributed by atoms with Crippen molar-refractivity contribution >= 4 is 49.9 Å². The number of sulfonamides is 1. The van der Waals surface area contributed by atoms with Gasteiger partial charge >= 0.3 is 0 Å². The fourth-order valence-electron chi connectivity index (χ4n) is 5.67. The summed E-state index contributed by atoms with van der Waals surface area (Å²) in [7, 11) is -2.54. The molecule has 11 nitrogen and oxygen atoms in total. The van der Waals surface area contributed by atoms with E-state index in [1.807, 2.05) is 45.0 Å². The van der Waals surface area contributed by atoms with E-state index in [4.69, 9.17) is 0 Å². The molecule has 4 heterocycles. The number of aromatic nitrogens is 2. The number of anilines is 3. The van der Waals surface area contributed by atoms with E-state index in [2.05, 4.69) is 25.3 Å². The Morgan fingerprint density at radius 1 is 1.17 bits per heavy atom. The van der Waals surface area contributed by atoms with Gasteiger partial charge in [0.25, 0.3) is 5.91 Å². The number of hydrogen-bond acceptors (Lipinski definition) is 9. The van der Waals surface area contributed by atoms with E-state index in [1.54, 1.807) is 15.9 Å². The van der Waals surface area contributed by atoms with Gasteiger partial charge in [0.15, 0.2) is 5.13 Å². The average Bonchev–Trinajstić information content (AvgIpc) is 3.65. The Kier molecular flexibility index (Phi) is 7.09. The van der Waals surface area contributed by atoms with Crippen molar-refractivity contribution in [3.8, 4) is 10.4 Å². The van der Waals surface area contributed by atoms with Crippen LogP contribution >= 0.6 is 11.3 Å². The lowest BCUT2D eigenvalue weighted by Gasteiger charge is -2.33. The fourth-order valence-corrected chi connectivity index (χ4v) is 7.62. The van der Waals surface area contributed by atoms with Crippen molar-refractivity contribution in [3.63, 3.8) is 0 Å². The van der Waals surface area contributed by atoms with E-state index in [-0.39, 0.29) is 40.9 Å². The number of thiazole rings is 1. The highest BCUT2D eigenvalue weighted by molar-refractivity contribution is 7.89. The van der Waals surface area contributed by atoms with Crippen LogP contribution in [-0.4, -0.2) is 67.3 Å². The van der Waals surface area contributed by atoms with Crippen LogP contribution in [0.1, 0.15) is 48.3 Å². The Labute approximate surface area is 243 Å². The number of benzene rings is 1. The van der Waals surface area contributed by atoms with E-state index in [0.29, 0.717) is 46.9 Å². The fraction of sp³-hybridized carbons (Fsp3) is 0.429. The number of fused-ring (bicyclic) bond motifs is 1. The molecule has 6 rings (SSSR count). The molecule has 1 saturated heterocycles. The highest BCUT2D eigenvalue weighted by Gasteiger charge is 2.41. The lowest BCUT2D eigenvalue weighted by atomic mass is 10.0. The maximum Gasteiger partial charge on any atom is 0.256 e. The Balaban J connectivity index is 1.33. The molecule has 1 aromatic carbocycles. The Hall–Kier alpha value is -3.39. The van der Waals surface area contributed by atoms with Gasteiger partial charge in [0, 0.05) is 25.2 Å². The first-order valence-electron chi connectivity index (χ1n) is 13.7. The maximum absolute atomic E-state index is 13.4. The number of nitrogens with one attached hydrogen (secondary N) is 3. The van der Waals surface area contributed by atoms with Crippen LogP contribution in [0, 0.1) is 12.8 Å². The molecule has 2 aromatic heterocycles. The predicted molar refractivity (Wildman–Crippen MR) is 158 cm³/mol. The first-order chi connectivity index (χ1) is 19.6. The minimum Gasteiger partial charge on any atom is -0.331 e. The second-order valence-corrected chi connectivity index (χ2v) is 13.8. The Morgan fingerprint density at radius 2 is 1.95 bits per heavy atom. The molecule has 41 heavy (non-hydrogen) atoms. The van der Waals surface area contributed by atoms with Crippen LogP contribution in [0.5, 0.6) is 0 Å². The van der Waals surface area contributed by atoms with Crippen LogP contribution in [0.2, 0.25) is 0 Å². The van der Waals surface area contributed by atoms with Crippen molar-refractivity contribution in [2.45, 2.75) is 57.1 Å². The van der Waals surface area contributed by atoms with Crippen molar-refractivity contribution in [1.29, 1.82) is 0 Å². The summed E-state index contributed by atoms with van der Waals surface area (Å²) in [6.45, 7) is 7.23. The van der Waals surface area contributed by atoms with E-state index in [0.717, 1.165) is 23.4 Å².